The largest absolute Gasteiger partial charge is 0.378 e. The van der Waals surface area contributed by atoms with E-state index in [0.717, 1.165) is 32.3 Å². The number of imide groups is 1. The Hall–Kier alpha value is -1.88. The first-order valence-electron chi connectivity index (χ1n) is 8.38. The number of benzene rings is 1. The minimum atomic E-state index is -0.802. The molecule has 2 saturated heterocycles. The van der Waals surface area contributed by atoms with Gasteiger partial charge in [0.1, 0.15) is 5.54 Å². The van der Waals surface area contributed by atoms with E-state index in [4.69, 9.17) is 4.74 Å². The minimum absolute atomic E-state index is 0.114. The highest BCUT2D eigenvalue weighted by atomic mass is 16.5. The zero-order chi connectivity index (χ0) is 16.3. The van der Waals surface area contributed by atoms with Gasteiger partial charge in [-0.3, -0.25) is 9.69 Å². The van der Waals surface area contributed by atoms with Crippen molar-refractivity contribution in [2.75, 3.05) is 13.2 Å². The van der Waals surface area contributed by atoms with Crippen LogP contribution in [0.2, 0.25) is 0 Å². The molecule has 0 aromatic heterocycles. The fourth-order valence-electron chi connectivity index (χ4n) is 3.30. The molecule has 2 aliphatic heterocycles. The fraction of sp³-hybridized carbons (Fsp3) is 0.556. The summed E-state index contributed by atoms with van der Waals surface area (Å²) in [5.41, 5.74) is 0.372. The van der Waals surface area contributed by atoms with Crippen molar-refractivity contribution in [3.63, 3.8) is 0 Å². The van der Waals surface area contributed by atoms with E-state index in [1.807, 2.05) is 37.3 Å². The zero-order valence-electron chi connectivity index (χ0n) is 13.6. The Bertz CT molecular complexity index is 569. The Labute approximate surface area is 137 Å². The second-order valence-corrected chi connectivity index (χ2v) is 6.63. The van der Waals surface area contributed by atoms with Gasteiger partial charge in [0.25, 0.3) is 5.91 Å². The lowest BCUT2D eigenvalue weighted by atomic mass is 9.93. The lowest BCUT2D eigenvalue weighted by Crippen LogP contribution is -2.44. The summed E-state index contributed by atoms with van der Waals surface area (Å²) >= 11 is 0. The number of amides is 3. The van der Waals surface area contributed by atoms with E-state index in [9.17, 15) is 9.59 Å². The molecule has 23 heavy (non-hydrogen) atoms. The Morgan fingerprint density at radius 1 is 1.30 bits per heavy atom. The SMILES string of the molecule is C[C@@]1(CCc2ccccc2)NC(=O)N(CC[C@H]2CCCO2)C1=O. The van der Waals surface area contributed by atoms with Crippen LogP contribution >= 0.6 is 0 Å². The summed E-state index contributed by atoms with van der Waals surface area (Å²) in [6, 6.07) is 9.75. The number of hydrogen-bond acceptors (Lipinski definition) is 3. The fourth-order valence-corrected chi connectivity index (χ4v) is 3.30. The molecule has 0 radical (unpaired) electrons. The second kappa shape index (κ2) is 6.71. The van der Waals surface area contributed by atoms with Gasteiger partial charge in [-0.15, -0.1) is 0 Å². The van der Waals surface area contributed by atoms with Crippen LogP contribution < -0.4 is 5.32 Å². The number of aryl methyl sites for hydroxylation is 1. The van der Waals surface area contributed by atoms with Crippen molar-refractivity contribution in [1.82, 2.24) is 10.2 Å². The van der Waals surface area contributed by atoms with Gasteiger partial charge in [0.2, 0.25) is 0 Å². The zero-order valence-corrected chi connectivity index (χ0v) is 13.6. The van der Waals surface area contributed by atoms with E-state index < -0.39 is 5.54 Å². The molecule has 2 fully saturated rings. The van der Waals surface area contributed by atoms with Crippen molar-refractivity contribution in [1.29, 1.82) is 0 Å². The maximum absolute atomic E-state index is 12.7. The molecule has 124 valence electrons. The van der Waals surface area contributed by atoms with Crippen molar-refractivity contribution in [3.05, 3.63) is 35.9 Å². The Kier molecular flexibility index (Phi) is 4.66. The van der Waals surface area contributed by atoms with Crippen LogP contribution in [0.1, 0.15) is 38.2 Å². The number of urea groups is 1. The molecule has 0 spiro atoms. The van der Waals surface area contributed by atoms with Crippen molar-refractivity contribution in [3.8, 4) is 0 Å². The predicted octanol–water partition coefficient (Wildman–Crippen LogP) is 2.50. The van der Waals surface area contributed by atoms with Crippen LogP contribution in [0.4, 0.5) is 4.79 Å². The van der Waals surface area contributed by atoms with Crippen LogP contribution in [-0.4, -0.2) is 41.6 Å². The lowest BCUT2D eigenvalue weighted by molar-refractivity contribution is -0.131. The van der Waals surface area contributed by atoms with Gasteiger partial charge in [0.15, 0.2) is 0 Å². The summed E-state index contributed by atoms with van der Waals surface area (Å²) in [6.07, 6.45) is 4.38. The topological polar surface area (TPSA) is 58.6 Å². The van der Waals surface area contributed by atoms with E-state index >= 15 is 0 Å². The average Bonchev–Trinajstić information content (AvgIpc) is 3.13. The molecule has 3 rings (SSSR count). The average molecular weight is 316 g/mol. The second-order valence-electron chi connectivity index (χ2n) is 6.63. The number of rotatable bonds is 6. The first kappa shape index (κ1) is 16.0. The summed E-state index contributed by atoms with van der Waals surface area (Å²) < 4.78 is 5.57. The number of nitrogens with zero attached hydrogens (tertiary/aromatic N) is 1. The first-order valence-corrected chi connectivity index (χ1v) is 8.38. The molecule has 1 aromatic carbocycles. The van der Waals surface area contributed by atoms with Gasteiger partial charge in [-0.25, -0.2) is 4.79 Å². The molecule has 2 heterocycles. The minimum Gasteiger partial charge on any atom is -0.378 e. The Morgan fingerprint density at radius 3 is 2.78 bits per heavy atom. The molecule has 5 nitrogen and oxygen atoms in total. The van der Waals surface area contributed by atoms with Crippen LogP contribution in [0.25, 0.3) is 0 Å². The van der Waals surface area contributed by atoms with Crippen molar-refractivity contribution >= 4 is 11.9 Å². The van der Waals surface area contributed by atoms with E-state index in [1.54, 1.807) is 0 Å². The molecular weight excluding hydrogens is 292 g/mol. The third kappa shape index (κ3) is 3.55. The molecule has 0 saturated carbocycles. The van der Waals surface area contributed by atoms with E-state index in [1.165, 1.54) is 10.5 Å². The highest BCUT2D eigenvalue weighted by Gasteiger charge is 2.47. The predicted molar refractivity (Wildman–Crippen MR) is 87.0 cm³/mol. The van der Waals surface area contributed by atoms with E-state index in [2.05, 4.69) is 5.32 Å². The highest BCUT2D eigenvalue weighted by molar-refractivity contribution is 6.06. The molecule has 0 aliphatic carbocycles. The first-order chi connectivity index (χ1) is 11.1. The maximum Gasteiger partial charge on any atom is 0.325 e. The lowest BCUT2D eigenvalue weighted by Gasteiger charge is -2.22. The van der Waals surface area contributed by atoms with Gasteiger partial charge in [0, 0.05) is 13.2 Å². The van der Waals surface area contributed by atoms with Crippen molar-refractivity contribution in [2.24, 2.45) is 0 Å². The summed E-state index contributed by atoms with van der Waals surface area (Å²) in [4.78, 5) is 26.2. The van der Waals surface area contributed by atoms with Gasteiger partial charge in [-0.05, 0) is 44.6 Å². The van der Waals surface area contributed by atoms with Gasteiger partial charge < -0.3 is 10.1 Å². The van der Waals surface area contributed by atoms with Crippen LogP contribution in [0.3, 0.4) is 0 Å². The quantitative estimate of drug-likeness (QED) is 0.820. The number of hydrogen-bond donors (Lipinski definition) is 1. The summed E-state index contributed by atoms with van der Waals surface area (Å²) in [5, 5.41) is 2.87. The Balaban J connectivity index is 1.57. The highest BCUT2D eigenvalue weighted by Crippen LogP contribution is 2.24. The van der Waals surface area contributed by atoms with Gasteiger partial charge in [0.05, 0.1) is 6.10 Å². The van der Waals surface area contributed by atoms with Crippen LogP contribution in [0, 0.1) is 0 Å². The maximum atomic E-state index is 12.7. The normalized spacial score (nSPS) is 27.5. The van der Waals surface area contributed by atoms with Crippen molar-refractivity contribution < 1.29 is 14.3 Å². The van der Waals surface area contributed by atoms with Gasteiger partial charge in [-0.1, -0.05) is 30.3 Å². The number of carbonyl (C=O) groups is 2. The van der Waals surface area contributed by atoms with Crippen LogP contribution in [-0.2, 0) is 16.0 Å². The molecule has 2 atom stereocenters. The molecule has 5 heteroatoms. The standard InChI is InChI=1S/C18H24N2O3/c1-18(11-9-14-6-3-2-4-7-14)16(21)20(17(22)19-18)12-10-15-8-5-13-23-15/h2-4,6-7,15H,5,8-13H2,1H3,(H,19,22)/t15-,18+/m1/s1. The Morgan fingerprint density at radius 2 is 2.09 bits per heavy atom. The monoisotopic (exact) mass is 316 g/mol. The molecule has 0 bridgehead atoms. The van der Waals surface area contributed by atoms with Crippen molar-refractivity contribution in [2.45, 2.75) is 50.7 Å². The number of carbonyl (C=O) groups excluding carboxylic acids is 2. The third-order valence-electron chi connectivity index (χ3n) is 4.80. The summed E-state index contributed by atoms with van der Waals surface area (Å²) in [7, 11) is 0. The number of nitrogens with one attached hydrogen (secondary N) is 1. The summed E-state index contributed by atoms with van der Waals surface area (Å²) in [5.74, 6) is -0.114. The van der Waals surface area contributed by atoms with E-state index in [0.29, 0.717) is 13.0 Å². The van der Waals surface area contributed by atoms with E-state index in [-0.39, 0.29) is 18.0 Å². The summed E-state index contributed by atoms with van der Waals surface area (Å²) in [6.45, 7) is 3.05. The molecule has 1 aromatic rings. The van der Waals surface area contributed by atoms with Gasteiger partial charge in [-0.2, -0.15) is 0 Å². The van der Waals surface area contributed by atoms with Gasteiger partial charge >= 0.3 is 6.03 Å². The molecule has 0 unspecified atom stereocenters. The third-order valence-corrected chi connectivity index (χ3v) is 4.80. The van der Waals surface area contributed by atoms with Crippen LogP contribution in [0.5, 0.6) is 0 Å². The van der Waals surface area contributed by atoms with Crippen LogP contribution in [0.15, 0.2) is 30.3 Å². The smallest absolute Gasteiger partial charge is 0.325 e. The molecule has 3 amide bonds. The number of ether oxygens (including phenoxy) is 1. The molecular formula is C18H24N2O3. The molecule has 1 N–H and O–H groups in total. The molecule has 2 aliphatic rings.